The molecule has 1 aliphatic rings. The third kappa shape index (κ3) is 4.29. The van der Waals surface area contributed by atoms with Gasteiger partial charge in [-0.25, -0.2) is 8.78 Å². The van der Waals surface area contributed by atoms with Crippen LogP contribution >= 0.6 is 12.2 Å². The van der Waals surface area contributed by atoms with E-state index in [4.69, 9.17) is 21.7 Å². The van der Waals surface area contributed by atoms with Gasteiger partial charge in [0.05, 0.1) is 25.8 Å². The molecule has 0 saturated heterocycles. The fourth-order valence-corrected chi connectivity index (χ4v) is 3.33. The Bertz CT molecular complexity index is 1010. The lowest BCUT2D eigenvalue weighted by Crippen LogP contribution is -2.45. The summed E-state index contributed by atoms with van der Waals surface area (Å²) in [6.07, 6.45) is 0. The van der Waals surface area contributed by atoms with Gasteiger partial charge in [0, 0.05) is 29.1 Å². The number of rotatable bonds is 5. The van der Waals surface area contributed by atoms with Gasteiger partial charge in [0.15, 0.2) is 16.7 Å². The van der Waals surface area contributed by atoms with Gasteiger partial charge in [0.25, 0.3) is 5.91 Å². The number of amides is 1. The van der Waals surface area contributed by atoms with Gasteiger partial charge in [-0.3, -0.25) is 4.79 Å². The molecule has 0 aliphatic carbocycles. The maximum atomic E-state index is 13.5. The Balaban J connectivity index is 2.00. The summed E-state index contributed by atoms with van der Waals surface area (Å²) in [4.78, 5) is 13.0. The summed E-state index contributed by atoms with van der Waals surface area (Å²) < 4.78 is 37.3. The molecule has 1 aliphatic heterocycles. The number of benzene rings is 2. The minimum atomic E-state index is -1.05. The fraction of sp³-hybridized carbons (Fsp3) is 0.200. The highest BCUT2D eigenvalue weighted by Gasteiger charge is 2.32. The third-order valence-corrected chi connectivity index (χ3v) is 4.66. The van der Waals surface area contributed by atoms with Crippen molar-refractivity contribution in [2.24, 2.45) is 0 Å². The number of hydrogen-bond donors (Lipinski definition) is 3. The van der Waals surface area contributed by atoms with Crippen LogP contribution in [0, 0.1) is 11.6 Å². The van der Waals surface area contributed by atoms with E-state index in [1.54, 1.807) is 25.1 Å². The van der Waals surface area contributed by atoms with E-state index >= 15 is 0 Å². The quantitative estimate of drug-likeness (QED) is 0.646. The lowest BCUT2D eigenvalue weighted by atomic mass is 9.94. The number of methoxy groups -OCH3 is 2. The number of carbonyl (C=O) groups excluding carboxylic acids is 1. The number of halogens is 2. The van der Waals surface area contributed by atoms with Crippen LogP contribution in [0.25, 0.3) is 0 Å². The van der Waals surface area contributed by atoms with Crippen LogP contribution in [0.5, 0.6) is 11.5 Å². The van der Waals surface area contributed by atoms with Crippen LogP contribution in [-0.4, -0.2) is 25.2 Å². The van der Waals surface area contributed by atoms with Gasteiger partial charge in [-0.05, 0) is 43.4 Å². The zero-order valence-electron chi connectivity index (χ0n) is 15.9. The number of anilines is 1. The zero-order chi connectivity index (χ0) is 21.1. The van der Waals surface area contributed by atoms with E-state index in [2.05, 4.69) is 16.0 Å². The van der Waals surface area contributed by atoms with E-state index in [1.807, 2.05) is 0 Å². The predicted octanol–water partition coefficient (Wildman–Crippen LogP) is 3.41. The van der Waals surface area contributed by atoms with Crippen molar-refractivity contribution in [1.82, 2.24) is 10.6 Å². The van der Waals surface area contributed by atoms with Crippen molar-refractivity contribution in [2.45, 2.75) is 13.0 Å². The normalized spacial score (nSPS) is 16.0. The minimum Gasteiger partial charge on any atom is -0.497 e. The maximum Gasteiger partial charge on any atom is 0.255 e. The molecule has 1 atom stereocenters. The fourth-order valence-electron chi connectivity index (χ4n) is 3.06. The second kappa shape index (κ2) is 8.44. The maximum absolute atomic E-state index is 13.5. The number of thiocarbonyl (C=S) groups is 1. The lowest BCUT2D eigenvalue weighted by Gasteiger charge is -2.31. The lowest BCUT2D eigenvalue weighted by molar-refractivity contribution is -0.113. The molecular formula is C20H19F2N3O3S. The zero-order valence-corrected chi connectivity index (χ0v) is 16.7. The summed E-state index contributed by atoms with van der Waals surface area (Å²) in [6, 6.07) is 7.72. The van der Waals surface area contributed by atoms with Crippen LogP contribution in [-0.2, 0) is 4.79 Å². The van der Waals surface area contributed by atoms with Crippen LogP contribution < -0.4 is 25.4 Å². The Hall–Kier alpha value is -3.20. The molecule has 2 aromatic carbocycles. The second-order valence-electron chi connectivity index (χ2n) is 6.26. The van der Waals surface area contributed by atoms with Crippen LogP contribution in [0.2, 0.25) is 0 Å². The molecule has 1 heterocycles. The molecule has 0 spiro atoms. The molecule has 1 amide bonds. The van der Waals surface area contributed by atoms with Crippen molar-refractivity contribution in [3.05, 3.63) is 64.9 Å². The molecule has 2 aromatic rings. The molecule has 3 N–H and O–H groups in total. The molecule has 0 radical (unpaired) electrons. The van der Waals surface area contributed by atoms with E-state index in [-0.39, 0.29) is 5.69 Å². The van der Waals surface area contributed by atoms with Crippen LogP contribution in [0.15, 0.2) is 47.7 Å². The van der Waals surface area contributed by atoms with Crippen molar-refractivity contribution in [3.8, 4) is 11.5 Å². The monoisotopic (exact) mass is 419 g/mol. The highest BCUT2D eigenvalue weighted by atomic mass is 32.1. The predicted molar refractivity (Wildman–Crippen MR) is 109 cm³/mol. The van der Waals surface area contributed by atoms with Crippen molar-refractivity contribution >= 4 is 28.9 Å². The summed E-state index contributed by atoms with van der Waals surface area (Å²) >= 11 is 5.24. The third-order valence-electron chi connectivity index (χ3n) is 4.44. The van der Waals surface area contributed by atoms with Crippen molar-refractivity contribution in [3.63, 3.8) is 0 Å². The minimum absolute atomic E-state index is 0.128. The number of hydrogen-bond acceptors (Lipinski definition) is 4. The molecule has 0 saturated carbocycles. The highest BCUT2D eigenvalue weighted by molar-refractivity contribution is 7.80. The standard InChI is InChI=1S/C20H19F2N3O3S/c1-10-17(19(26)24-11-4-7-14(21)15(22)8-11)18(25-20(29)23-10)13-6-5-12(27-2)9-16(13)28-3/h4-9,18H,1-3H3,(H,24,26)(H2,23,25,29)/t18-/m0/s1. The summed E-state index contributed by atoms with van der Waals surface area (Å²) in [5, 5.41) is 8.91. The molecule has 0 bridgehead atoms. The van der Waals surface area contributed by atoms with Crippen molar-refractivity contribution in [2.75, 3.05) is 19.5 Å². The Morgan fingerprint density at radius 3 is 2.52 bits per heavy atom. The van der Waals surface area contributed by atoms with Crippen LogP contribution in [0.3, 0.4) is 0 Å². The van der Waals surface area contributed by atoms with Crippen molar-refractivity contribution < 1.29 is 23.0 Å². The highest BCUT2D eigenvalue weighted by Crippen LogP contribution is 2.35. The first kappa shape index (κ1) is 20.5. The van der Waals surface area contributed by atoms with Crippen molar-refractivity contribution in [1.29, 1.82) is 0 Å². The van der Waals surface area contributed by atoms with Gasteiger partial charge in [-0.2, -0.15) is 0 Å². The number of ether oxygens (including phenoxy) is 2. The summed E-state index contributed by atoms with van der Waals surface area (Å²) in [5.41, 5.74) is 1.64. The van der Waals surface area contributed by atoms with Crippen LogP contribution in [0.4, 0.5) is 14.5 Å². The molecule has 0 fully saturated rings. The largest absolute Gasteiger partial charge is 0.497 e. The molecule has 0 unspecified atom stereocenters. The number of nitrogens with one attached hydrogen (secondary N) is 3. The molecule has 152 valence electrons. The average Bonchev–Trinajstić information content (AvgIpc) is 2.69. The summed E-state index contributed by atoms with van der Waals surface area (Å²) in [5.74, 6) is -1.46. The first-order valence-corrected chi connectivity index (χ1v) is 9.01. The SMILES string of the molecule is COc1ccc([C@@H]2NC(=S)NC(C)=C2C(=O)Nc2ccc(F)c(F)c2)c(OC)c1. The molecule has 0 aromatic heterocycles. The van der Waals surface area contributed by atoms with E-state index < -0.39 is 23.6 Å². The Labute approximate surface area is 171 Å². The van der Waals surface area contributed by atoms with Gasteiger partial charge >= 0.3 is 0 Å². The summed E-state index contributed by atoms with van der Waals surface area (Å²) in [7, 11) is 3.05. The van der Waals surface area contributed by atoms with E-state index in [9.17, 15) is 13.6 Å². The topological polar surface area (TPSA) is 71.6 Å². The van der Waals surface area contributed by atoms with Gasteiger partial charge in [-0.15, -0.1) is 0 Å². The van der Waals surface area contributed by atoms with Gasteiger partial charge in [-0.1, -0.05) is 0 Å². The molecule has 3 rings (SSSR count). The van der Waals surface area contributed by atoms with E-state index in [1.165, 1.54) is 20.3 Å². The second-order valence-corrected chi connectivity index (χ2v) is 6.67. The Kier molecular flexibility index (Phi) is 5.97. The smallest absolute Gasteiger partial charge is 0.255 e. The van der Waals surface area contributed by atoms with Gasteiger partial charge in [0.2, 0.25) is 0 Å². The Morgan fingerprint density at radius 1 is 1.10 bits per heavy atom. The number of allylic oxidation sites excluding steroid dienone is 1. The number of carbonyl (C=O) groups is 1. The van der Waals surface area contributed by atoms with E-state index in [0.29, 0.717) is 33.4 Å². The molecule has 29 heavy (non-hydrogen) atoms. The van der Waals surface area contributed by atoms with Gasteiger partial charge < -0.3 is 25.4 Å². The molecule has 9 heteroatoms. The average molecular weight is 419 g/mol. The van der Waals surface area contributed by atoms with Crippen LogP contribution in [0.1, 0.15) is 18.5 Å². The summed E-state index contributed by atoms with van der Waals surface area (Å²) in [6.45, 7) is 1.70. The molecule has 6 nitrogen and oxygen atoms in total. The van der Waals surface area contributed by atoms with E-state index in [0.717, 1.165) is 12.1 Å². The first-order chi connectivity index (χ1) is 13.8. The Morgan fingerprint density at radius 2 is 1.86 bits per heavy atom. The van der Waals surface area contributed by atoms with Gasteiger partial charge in [0.1, 0.15) is 11.5 Å². The first-order valence-electron chi connectivity index (χ1n) is 8.60. The molecular weight excluding hydrogens is 400 g/mol.